The van der Waals surface area contributed by atoms with Crippen molar-refractivity contribution in [2.75, 3.05) is 32.1 Å². The van der Waals surface area contributed by atoms with Crippen molar-refractivity contribution in [3.8, 4) is 11.5 Å². The number of anilines is 1. The van der Waals surface area contributed by atoms with Crippen LogP contribution in [0.25, 0.3) is 0 Å². The van der Waals surface area contributed by atoms with E-state index in [2.05, 4.69) is 11.9 Å². The Hall–Kier alpha value is -2.79. The molecule has 26 heavy (non-hydrogen) atoms. The number of carbonyl (C=O) groups excluding carboxylic acids is 1. The van der Waals surface area contributed by atoms with E-state index in [1.54, 1.807) is 6.08 Å². The first-order chi connectivity index (χ1) is 12.6. The van der Waals surface area contributed by atoms with Crippen LogP contribution in [0.5, 0.6) is 11.5 Å². The van der Waals surface area contributed by atoms with Crippen molar-refractivity contribution in [1.82, 2.24) is 0 Å². The van der Waals surface area contributed by atoms with Crippen molar-refractivity contribution in [3.63, 3.8) is 0 Å². The van der Waals surface area contributed by atoms with E-state index < -0.39 is 0 Å². The Bertz CT molecular complexity index is 713. The Labute approximate surface area is 155 Å². The molecule has 1 unspecified atom stereocenters. The molecule has 1 amide bonds. The van der Waals surface area contributed by atoms with Crippen LogP contribution >= 0.6 is 0 Å². The smallest absolute Gasteiger partial charge is 0.279 e. The van der Waals surface area contributed by atoms with Crippen molar-refractivity contribution < 1.29 is 19.2 Å². The second-order valence-electron chi connectivity index (χ2n) is 6.03. The van der Waals surface area contributed by atoms with Crippen LogP contribution in [-0.4, -0.2) is 32.7 Å². The number of amides is 1. The van der Waals surface area contributed by atoms with Crippen LogP contribution in [0.15, 0.2) is 61.2 Å². The van der Waals surface area contributed by atoms with Crippen LogP contribution in [0.2, 0.25) is 0 Å². The highest BCUT2D eigenvalue weighted by atomic mass is 16.5. The first-order valence-electron chi connectivity index (χ1n) is 8.78. The number of para-hydroxylation sites is 2. The lowest BCUT2D eigenvalue weighted by Crippen LogP contribution is -3.08. The van der Waals surface area contributed by atoms with Crippen LogP contribution in [0, 0.1) is 0 Å². The molecule has 0 aromatic heterocycles. The molecule has 0 spiro atoms. The molecule has 5 heteroatoms. The van der Waals surface area contributed by atoms with E-state index in [0.29, 0.717) is 31.2 Å². The lowest BCUT2D eigenvalue weighted by molar-refractivity contribution is -0.885. The third kappa shape index (κ3) is 6.26. The molecule has 0 aliphatic heterocycles. The van der Waals surface area contributed by atoms with Crippen molar-refractivity contribution in [1.29, 1.82) is 0 Å². The fraction of sp³-hybridized carbons (Fsp3) is 0.286. The summed E-state index contributed by atoms with van der Waals surface area (Å²) in [6.45, 7) is 7.73. The molecule has 0 heterocycles. The van der Waals surface area contributed by atoms with Gasteiger partial charge in [0.15, 0.2) is 6.54 Å². The van der Waals surface area contributed by atoms with Gasteiger partial charge in [-0.25, -0.2) is 0 Å². The van der Waals surface area contributed by atoms with E-state index >= 15 is 0 Å². The van der Waals surface area contributed by atoms with E-state index in [0.717, 1.165) is 22.8 Å². The van der Waals surface area contributed by atoms with Gasteiger partial charge in [-0.3, -0.25) is 4.79 Å². The molecule has 1 atom stereocenters. The number of carbonyl (C=O) groups is 1. The molecule has 0 aliphatic rings. The maximum Gasteiger partial charge on any atom is 0.279 e. The Kier molecular flexibility index (Phi) is 7.71. The number of likely N-dealkylation sites (N-methyl/N-ethyl adjacent to an activating group) is 1. The number of nitrogens with one attached hydrogen (secondary N) is 2. The van der Waals surface area contributed by atoms with Gasteiger partial charge in [0.1, 0.15) is 24.7 Å². The first-order valence-corrected chi connectivity index (χ1v) is 8.78. The second-order valence-corrected chi connectivity index (χ2v) is 6.03. The van der Waals surface area contributed by atoms with Gasteiger partial charge in [-0.15, -0.1) is 0 Å². The van der Waals surface area contributed by atoms with Gasteiger partial charge in [0.2, 0.25) is 0 Å². The number of hydrogen-bond acceptors (Lipinski definition) is 3. The lowest BCUT2D eigenvalue weighted by Gasteiger charge is -2.15. The summed E-state index contributed by atoms with van der Waals surface area (Å²) in [4.78, 5) is 13.4. The summed E-state index contributed by atoms with van der Waals surface area (Å²) < 4.78 is 11.0. The minimum Gasteiger partial charge on any atom is -0.492 e. The molecule has 0 aliphatic carbocycles. The summed E-state index contributed by atoms with van der Waals surface area (Å²) in [7, 11) is 2.00. The van der Waals surface area contributed by atoms with Gasteiger partial charge >= 0.3 is 0 Å². The summed E-state index contributed by atoms with van der Waals surface area (Å²) in [6, 6.07) is 15.4. The van der Waals surface area contributed by atoms with Crippen molar-refractivity contribution in [2.24, 2.45) is 0 Å². The molecule has 2 rings (SSSR count). The lowest BCUT2D eigenvalue weighted by atomic mass is 10.2. The highest BCUT2D eigenvalue weighted by Crippen LogP contribution is 2.23. The van der Waals surface area contributed by atoms with Gasteiger partial charge < -0.3 is 19.7 Å². The largest absolute Gasteiger partial charge is 0.492 e. The number of quaternary nitrogens is 1. The molecule has 0 fully saturated rings. The summed E-state index contributed by atoms with van der Waals surface area (Å²) in [6.07, 6.45) is 1.72. The zero-order valence-electron chi connectivity index (χ0n) is 15.5. The van der Waals surface area contributed by atoms with Crippen LogP contribution < -0.4 is 19.7 Å². The highest BCUT2D eigenvalue weighted by Gasteiger charge is 2.13. The van der Waals surface area contributed by atoms with Gasteiger partial charge in [-0.2, -0.15) is 0 Å². The summed E-state index contributed by atoms with van der Waals surface area (Å²) in [5.41, 5.74) is 1.85. The Morgan fingerprint density at radius 2 is 1.88 bits per heavy atom. The number of hydrogen-bond donors (Lipinski definition) is 2. The van der Waals surface area contributed by atoms with Gasteiger partial charge in [-0.1, -0.05) is 24.8 Å². The van der Waals surface area contributed by atoms with Crippen molar-refractivity contribution >= 4 is 11.6 Å². The fourth-order valence-electron chi connectivity index (χ4n) is 2.59. The molecule has 2 aromatic carbocycles. The maximum atomic E-state index is 12.3. The summed E-state index contributed by atoms with van der Waals surface area (Å²) in [5.74, 6) is 1.47. The zero-order valence-corrected chi connectivity index (χ0v) is 15.5. The average Bonchev–Trinajstić information content (AvgIpc) is 2.63. The number of ether oxygens (including phenoxy) is 2. The topological polar surface area (TPSA) is 52.0 Å². The normalized spacial score (nSPS) is 11.5. The first kappa shape index (κ1) is 19.5. The number of benzene rings is 2. The molecule has 0 saturated heterocycles. The van der Waals surface area contributed by atoms with Crippen LogP contribution in [-0.2, 0) is 11.3 Å². The fourth-order valence-corrected chi connectivity index (χ4v) is 2.59. The average molecular weight is 355 g/mol. The Balaban J connectivity index is 1.86. The molecular weight excluding hydrogens is 328 g/mol. The van der Waals surface area contributed by atoms with Crippen molar-refractivity contribution in [2.45, 2.75) is 13.5 Å². The van der Waals surface area contributed by atoms with E-state index in [1.807, 2.05) is 62.5 Å². The van der Waals surface area contributed by atoms with Crippen LogP contribution in [0.3, 0.4) is 0 Å². The zero-order chi connectivity index (χ0) is 18.8. The van der Waals surface area contributed by atoms with Crippen LogP contribution in [0.1, 0.15) is 12.5 Å². The Morgan fingerprint density at radius 3 is 2.58 bits per heavy atom. The molecule has 0 bridgehead atoms. The maximum absolute atomic E-state index is 12.3. The quantitative estimate of drug-likeness (QED) is 0.643. The second kappa shape index (κ2) is 10.3. The molecular formula is C21H27N2O3+. The predicted molar refractivity (Wildman–Crippen MR) is 104 cm³/mol. The SMILES string of the molecule is C=CCOc1ccc(C[NH+](C)CC(=O)Nc2ccccc2OCC)cc1. The molecule has 0 saturated carbocycles. The van der Waals surface area contributed by atoms with E-state index in [-0.39, 0.29) is 5.91 Å². The minimum absolute atomic E-state index is 0.0411. The molecule has 138 valence electrons. The standard InChI is InChI=1S/C21H26N2O3/c1-4-14-26-18-12-10-17(11-13-18)15-23(3)16-21(24)22-19-8-6-7-9-20(19)25-5-2/h4,6-13H,1,5,14-16H2,2-3H3,(H,22,24)/p+1. The van der Waals surface area contributed by atoms with Crippen molar-refractivity contribution in [3.05, 3.63) is 66.7 Å². The molecule has 2 aromatic rings. The molecule has 2 N–H and O–H groups in total. The molecule has 5 nitrogen and oxygen atoms in total. The van der Waals surface area contributed by atoms with E-state index in [1.165, 1.54) is 0 Å². The van der Waals surface area contributed by atoms with Gasteiger partial charge in [0, 0.05) is 5.56 Å². The van der Waals surface area contributed by atoms with Gasteiger partial charge in [0.05, 0.1) is 19.3 Å². The molecule has 0 radical (unpaired) electrons. The monoisotopic (exact) mass is 355 g/mol. The van der Waals surface area contributed by atoms with E-state index in [4.69, 9.17) is 9.47 Å². The van der Waals surface area contributed by atoms with E-state index in [9.17, 15) is 4.79 Å². The predicted octanol–water partition coefficient (Wildman–Crippen LogP) is 2.30. The third-order valence-corrected chi connectivity index (χ3v) is 3.72. The summed E-state index contributed by atoms with van der Waals surface area (Å²) >= 11 is 0. The van der Waals surface area contributed by atoms with Gasteiger partial charge in [0.25, 0.3) is 5.91 Å². The van der Waals surface area contributed by atoms with Gasteiger partial charge in [-0.05, 0) is 43.3 Å². The highest BCUT2D eigenvalue weighted by molar-refractivity contribution is 5.92. The third-order valence-electron chi connectivity index (χ3n) is 3.72. The summed E-state index contributed by atoms with van der Waals surface area (Å²) in [5, 5.41) is 2.93. The number of rotatable bonds is 10. The minimum atomic E-state index is -0.0411. The van der Waals surface area contributed by atoms with Crippen LogP contribution in [0.4, 0.5) is 5.69 Å². The Morgan fingerprint density at radius 1 is 1.15 bits per heavy atom.